The summed E-state index contributed by atoms with van der Waals surface area (Å²) >= 11 is 0. The van der Waals surface area contributed by atoms with Gasteiger partial charge >= 0.3 is 15.6 Å². The van der Waals surface area contributed by atoms with Crippen LogP contribution in [0.2, 0.25) is 0 Å². The van der Waals surface area contributed by atoms with Gasteiger partial charge in [-0.15, -0.1) is 0 Å². The molecular formula is C31H26F3NO5S. The number of nitrogens with zero attached hydrogens (tertiary/aromatic N) is 1. The van der Waals surface area contributed by atoms with Crippen LogP contribution in [0.1, 0.15) is 34.2 Å². The summed E-state index contributed by atoms with van der Waals surface area (Å²) in [6.07, 6.45) is 4.47. The Kier molecular flexibility index (Phi) is 8.41. The summed E-state index contributed by atoms with van der Waals surface area (Å²) in [5.41, 5.74) is 0.814. The Morgan fingerprint density at radius 2 is 1.49 bits per heavy atom. The van der Waals surface area contributed by atoms with Crippen LogP contribution in [-0.4, -0.2) is 32.1 Å². The first-order valence-corrected chi connectivity index (χ1v) is 14.2. The molecule has 0 radical (unpaired) electrons. The third-order valence-corrected chi connectivity index (χ3v) is 7.54. The number of allylic oxidation sites excluding steroid dienone is 1. The van der Waals surface area contributed by atoms with Crippen LogP contribution in [0.15, 0.2) is 97.3 Å². The molecule has 1 aliphatic rings. The van der Waals surface area contributed by atoms with E-state index < -0.39 is 15.6 Å². The highest BCUT2D eigenvalue weighted by Gasteiger charge is 2.48. The zero-order chi connectivity index (χ0) is 28.9. The van der Waals surface area contributed by atoms with E-state index in [0.29, 0.717) is 44.0 Å². The summed E-state index contributed by atoms with van der Waals surface area (Å²) in [7, 11) is -5.77. The molecule has 1 heterocycles. The van der Waals surface area contributed by atoms with Crippen molar-refractivity contribution < 1.29 is 35.2 Å². The highest BCUT2D eigenvalue weighted by Crippen LogP contribution is 2.42. The predicted molar refractivity (Wildman–Crippen MR) is 149 cm³/mol. The van der Waals surface area contributed by atoms with E-state index in [1.807, 2.05) is 66.7 Å². The molecule has 0 N–H and O–H groups in total. The van der Waals surface area contributed by atoms with Gasteiger partial charge in [0.25, 0.3) is 0 Å². The Labute approximate surface area is 236 Å². The first-order chi connectivity index (χ1) is 19.7. The molecule has 0 atom stereocenters. The van der Waals surface area contributed by atoms with Gasteiger partial charge in [-0.3, -0.25) is 4.98 Å². The molecule has 0 saturated carbocycles. The van der Waals surface area contributed by atoms with E-state index in [1.54, 1.807) is 18.5 Å². The van der Waals surface area contributed by atoms with E-state index in [9.17, 15) is 21.6 Å². The van der Waals surface area contributed by atoms with Crippen molar-refractivity contribution in [2.45, 2.75) is 25.0 Å². The second kappa shape index (κ2) is 12.2. The van der Waals surface area contributed by atoms with Gasteiger partial charge in [0.05, 0.1) is 13.2 Å². The maximum Gasteiger partial charge on any atom is 0.534 e. The Bertz CT molecular complexity index is 1620. The molecule has 1 aliphatic carbocycles. The van der Waals surface area contributed by atoms with E-state index in [0.717, 1.165) is 33.4 Å². The van der Waals surface area contributed by atoms with Gasteiger partial charge in [-0.2, -0.15) is 21.6 Å². The zero-order valence-corrected chi connectivity index (χ0v) is 22.6. The first-order valence-electron chi connectivity index (χ1n) is 12.8. The average molecular weight is 582 g/mol. The standard InChI is InChI=1S/C31H26F3NO5S/c32-31(33,34)41(36,37)40-27-11-13-29-25(20-27)8-12-28(23-14-16-35-17-15-23)30(29)24-6-9-26(10-7-24)39-19-18-38-21-22-4-2-1-3-5-22/h1-7,9-11,13-17,20H,8,12,18-19,21H2. The summed E-state index contributed by atoms with van der Waals surface area (Å²) in [4.78, 5) is 4.10. The van der Waals surface area contributed by atoms with Crippen molar-refractivity contribution in [2.24, 2.45) is 0 Å². The van der Waals surface area contributed by atoms with Gasteiger partial charge in [0.2, 0.25) is 0 Å². The van der Waals surface area contributed by atoms with Crippen LogP contribution in [0.5, 0.6) is 11.5 Å². The van der Waals surface area contributed by atoms with Crippen LogP contribution < -0.4 is 8.92 Å². The Morgan fingerprint density at radius 1 is 0.780 bits per heavy atom. The topological polar surface area (TPSA) is 74.7 Å². The van der Waals surface area contributed by atoms with Gasteiger partial charge in [0, 0.05) is 12.4 Å². The maximum atomic E-state index is 12.9. The van der Waals surface area contributed by atoms with E-state index in [2.05, 4.69) is 9.17 Å². The normalized spacial score (nSPS) is 13.5. The van der Waals surface area contributed by atoms with Crippen LogP contribution in [0.25, 0.3) is 11.1 Å². The van der Waals surface area contributed by atoms with Crippen molar-refractivity contribution in [3.8, 4) is 11.5 Å². The lowest BCUT2D eigenvalue weighted by Gasteiger charge is -2.25. The second-order valence-electron chi connectivity index (χ2n) is 9.30. The number of aryl methyl sites for hydroxylation is 1. The Balaban J connectivity index is 1.37. The maximum absolute atomic E-state index is 12.9. The molecule has 4 aromatic rings. The highest BCUT2D eigenvalue weighted by atomic mass is 32.2. The van der Waals surface area contributed by atoms with Crippen molar-refractivity contribution >= 4 is 21.3 Å². The summed E-state index contributed by atoms with van der Waals surface area (Å²) in [6, 6.07) is 25.4. The number of benzene rings is 3. The number of hydrogen-bond donors (Lipinski definition) is 0. The van der Waals surface area contributed by atoms with Crippen LogP contribution in [0.4, 0.5) is 13.2 Å². The van der Waals surface area contributed by atoms with E-state index in [1.165, 1.54) is 12.1 Å². The quantitative estimate of drug-likeness (QED) is 0.116. The number of rotatable bonds is 10. The summed E-state index contributed by atoms with van der Waals surface area (Å²) in [6.45, 7) is 1.31. The molecule has 0 amide bonds. The minimum absolute atomic E-state index is 0.379. The highest BCUT2D eigenvalue weighted by molar-refractivity contribution is 7.88. The summed E-state index contributed by atoms with van der Waals surface area (Å²) in [5.74, 6) is 0.284. The van der Waals surface area contributed by atoms with Gasteiger partial charge in [0.15, 0.2) is 0 Å². The van der Waals surface area contributed by atoms with Crippen molar-refractivity contribution in [2.75, 3.05) is 13.2 Å². The predicted octanol–water partition coefficient (Wildman–Crippen LogP) is 6.81. The van der Waals surface area contributed by atoms with Crippen molar-refractivity contribution in [3.05, 3.63) is 125 Å². The number of ether oxygens (including phenoxy) is 2. The molecule has 0 aliphatic heterocycles. The number of fused-ring (bicyclic) bond motifs is 1. The molecule has 0 fully saturated rings. The average Bonchev–Trinajstić information content (AvgIpc) is 2.97. The molecule has 0 unspecified atom stereocenters. The Morgan fingerprint density at radius 3 is 2.20 bits per heavy atom. The van der Waals surface area contributed by atoms with Crippen LogP contribution in [0.3, 0.4) is 0 Å². The molecule has 5 rings (SSSR count). The van der Waals surface area contributed by atoms with Crippen LogP contribution >= 0.6 is 0 Å². The van der Waals surface area contributed by atoms with Gasteiger partial charge in [-0.25, -0.2) is 0 Å². The fraction of sp³-hybridized carbons (Fsp3) is 0.194. The lowest BCUT2D eigenvalue weighted by molar-refractivity contribution is -0.0500. The van der Waals surface area contributed by atoms with Gasteiger partial charge in [-0.05, 0) is 88.2 Å². The van der Waals surface area contributed by atoms with Gasteiger partial charge in [-0.1, -0.05) is 48.5 Å². The molecule has 212 valence electrons. The Hall–Kier alpha value is -4.15. The lowest BCUT2D eigenvalue weighted by Crippen LogP contribution is -2.28. The number of hydrogen-bond acceptors (Lipinski definition) is 6. The third-order valence-electron chi connectivity index (χ3n) is 6.56. The molecule has 0 spiro atoms. The zero-order valence-electron chi connectivity index (χ0n) is 21.8. The number of alkyl halides is 3. The monoisotopic (exact) mass is 581 g/mol. The summed E-state index contributed by atoms with van der Waals surface area (Å²) < 4.78 is 77.5. The SMILES string of the molecule is O=S(=O)(Oc1ccc2c(c1)CCC(c1ccncc1)=C2c1ccc(OCCOCc2ccccc2)cc1)C(F)(F)F. The first kappa shape index (κ1) is 28.4. The van der Waals surface area contributed by atoms with E-state index in [-0.39, 0.29) is 5.75 Å². The largest absolute Gasteiger partial charge is 0.534 e. The second-order valence-corrected chi connectivity index (χ2v) is 10.8. The molecule has 41 heavy (non-hydrogen) atoms. The molecule has 0 saturated heterocycles. The van der Waals surface area contributed by atoms with Crippen molar-refractivity contribution in [3.63, 3.8) is 0 Å². The lowest BCUT2D eigenvalue weighted by atomic mass is 9.80. The molecule has 3 aromatic carbocycles. The number of aromatic nitrogens is 1. The minimum Gasteiger partial charge on any atom is -0.491 e. The molecule has 6 nitrogen and oxygen atoms in total. The number of pyridine rings is 1. The van der Waals surface area contributed by atoms with Crippen LogP contribution in [-0.2, 0) is 27.9 Å². The fourth-order valence-electron chi connectivity index (χ4n) is 4.67. The molecule has 10 heteroatoms. The van der Waals surface area contributed by atoms with Crippen molar-refractivity contribution in [1.82, 2.24) is 4.98 Å². The fourth-order valence-corrected chi connectivity index (χ4v) is 5.12. The van der Waals surface area contributed by atoms with E-state index >= 15 is 0 Å². The molecule has 0 bridgehead atoms. The van der Waals surface area contributed by atoms with Crippen molar-refractivity contribution in [1.29, 1.82) is 0 Å². The van der Waals surface area contributed by atoms with Crippen LogP contribution in [0, 0.1) is 0 Å². The smallest absolute Gasteiger partial charge is 0.491 e. The minimum atomic E-state index is -5.77. The van der Waals surface area contributed by atoms with Gasteiger partial charge < -0.3 is 13.7 Å². The van der Waals surface area contributed by atoms with Gasteiger partial charge in [0.1, 0.15) is 18.1 Å². The molecular weight excluding hydrogens is 555 g/mol. The third kappa shape index (κ3) is 6.78. The summed E-state index contributed by atoms with van der Waals surface area (Å²) in [5, 5.41) is 0. The van der Waals surface area contributed by atoms with E-state index in [4.69, 9.17) is 9.47 Å². The number of halogens is 3. The molecule has 1 aromatic heterocycles.